The van der Waals surface area contributed by atoms with Crippen molar-refractivity contribution in [3.8, 4) is 5.75 Å². The molecule has 2 aliphatic rings. The van der Waals surface area contributed by atoms with Crippen molar-refractivity contribution in [1.82, 2.24) is 5.43 Å². The van der Waals surface area contributed by atoms with Crippen LogP contribution in [0, 0.1) is 27.9 Å². The fourth-order valence-corrected chi connectivity index (χ4v) is 3.38. The molecule has 0 aromatic heterocycles. The highest BCUT2D eigenvalue weighted by Crippen LogP contribution is 2.55. The second-order valence-corrected chi connectivity index (χ2v) is 5.87. The average molecular weight is 303 g/mol. The molecule has 2 fully saturated rings. The largest absolute Gasteiger partial charge is 0.507 e. The fourth-order valence-electron chi connectivity index (χ4n) is 3.38. The number of nitrogens with one attached hydrogen (secondary N) is 1. The number of hydrogen-bond donors (Lipinski definition) is 2. The third-order valence-corrected chi connectivity index (χ3v) is 4.56. The molecular weight excluding hydrogens is 286 g/mol. The van der Waals surface area contributed by atoms with Gasteiger partial charge in [-0.1, -0.05) is 12.8 Å². The van der Waals surface area contributed by atoms with Crippen molar-refractivity contribution in [2.24, 2.45) is 22.9 Å². The van der Waals surface area contributed by atoms with Gasteiger partial charge >= 0.3 is 0 Å². The maximum Gasteiger partial charge on any atom is 0.270 e. The molecule has 0 spiro atoms. The van der Waals surface area contributed by atoms with Crippen LogP contribution in [0.25, 0.3) is 0 Å². The molecule has 3 rings (SSSR count). The Morgan fingerprint density at radius 1 is 1.36 bits per heavy atom. The Labute approximate surface area is 127 Å². The standard InChI is InChI=1S/C15H17N3O4/c19-13-6-5-10(18(21)22)7-9(13)8-16-17-15(20)14-11-3-1-2-4-12(11)14/h5-8,11-12,14,19H,1-4H2,(H,17,20)/t11-,12-/m0/s1. The van der Waals surface area contributed by atoms with Gasteiger partial charge in [0, 0.05) is 23.6 Å². The lowest BCUT2D eigenvalue weighted by Crippen LogP contribution is -2.20. The summed E-state index contributed by atoms with van der Waals surface area (Å²) in [5.41, 5.74) is 2.53. The summed E-state index contributed by atoms with van der Waals surface area (Å²) in [6, 6.07) is 3.65. The number of phenols is 1. The van der Waals surface area contributed by atoms with Gasteiger partial charge < -0.3 is 5.11 Å². The molecule has 0 aliphatic heterocycles. The number of nitro groups is 1. The van der Waals surface area contributed by atoms with Crippen molar-refractivity contribution < 1.29 is 14.8 Å². The number of phenolic OH excluding ortho intramolecular Hbond substituents is 1. The number of non-ortho nitro benzene ring substituents is 1. The van der Waals surface area contributed by atoms with Crippen LogP contribution in [0.5, 0.6) is 5.75 Å². The van der Waals surface area contributed by atoms with E-state index in [1.807, 2.05) is 0 Å². The molecule has 0 bridgehead atoms. The number of carbonyl (C=O) groups excluding carboxylic acids is 1. The molecule has 0 unspecified atom stereocenters. The summed E-state index contributed by atoms with van der Waals surface area (Å²) in [6.07, 6.45) is 5.83. The molecule has 7 heteroatoms. The smallest absolute Gasteiger partial charge is 0.270 e. The number of amides is 1. The first-order valence-corrected chi connectivity index (χ1v) is 7.38. The van der Waals surface area contributed by atoms with Gasteiger partial charge in [-0.2, -0.15) is 5.10 Å². The number of nitro benzene ring substituents is 1. The Hall–Kier alpha value is -2.44. The predicted octanol–water partition coefficient (Wildman–Crippen LogP) is 2.19. The summed E-state index contributed by atoms with van der Waals surface area (Å²) in [4.78, 5) is 22.2. The van der Waals surface area contributed by atoms with E-state index in [0.717, 1.165) is 12.8 Å². The Bertz CT molecular complexity index is 632. The monoisotopic (exact) mass is 303 g/mol. The molecule has 2 saturated carbocycles. The number of hydrogen-bond acceptors (Lipinski definition) is 5. The van der Waals surface area contributed by atoms with Gasteiger partial charge in [-0.05, 0) is 30.7 Å². The van der Waals surface area contributed by atoms with Crippen molar-refractivity contribution in [1.29, 1.82) is 0 Å². The topological polar surface area (TPSA) is 105 Å². The van der Waals surface area contributed by atoms with Crippen molar-refractivity contribution in [2.45, 2.75) is 25.7 Å². The second-order valence-electron chi connectivity index (χ2n) is 5.87. The number of rotatable bonds is 4. The van der Waals surface area contributed by atoms with Crippen LogP contribution in [-0.4, -0.2) is 22.2 Å². The maximum atomic E-state index is 12.0. The lowest BCUT2D eigenvalue weighted by Gasteiger charge is -2.04. The minimum atomic E-state index is -0.551. The van der Waals surface area contributed by atoms with E-state index >= 15 is 0 Å². The first kappa shape index (κ1) is 14.5. The Kier molecular flexibility index (Phi) is 3.79. The van der Waals surface area contributed by atoms with Crippen molar-refractivity contribution >= 4 is 17.8 Å². The van der Waals surface area contributed by atoms with Gasteiger partial charge in [0.05, 0.1) is 11.1 Å². The van der Waals surface area contributed by atoms with E-state index in [9.17, 15) is 20.0 Å². The Morgan fingerprint density at radius 2 is 2.05 bits per heavy atom. The van der Waals surface area contributed by atoms with Gasteiger partial charge in [-0.3, -0.25) is 14.9 Å². The average Bonchev–Trinajstić information content (AvgIpc) is 3.23. The molecule has 0 radical (unpaired) electrons. The van der Waals surface area contributed by atoms with Crippen LogP contribution < -0.4 is 5.43 Å². The fraction of sp³-hybridized carbons (Fsp3) is 0.467. The van der Waals surface area contributed by atoms with E-state index in [-0.39, 0.29) is 28.8 Å². The zero-order chi connectivity index (χ0) is 15.7. The molecule has 2 atom stereocenters. The van der Waals surface area contributed by atoms with Crippen molar-refractivity contribution in [3.05, 3.63) is 33.9 Å². The van der Waals surface area contributed by atoms with Gasteiger partial charge in [0.15, 0.2) is 0 Å². The third-order valence-electron chi connectivity index (χ3n) is 4.56. The van der Waals surface area contributed by atoms with E-state index < -0.39 is 4.92 Å². The number of aromatic hydroxyl groups is 1. The molecule has 1 aromatic carbocycles. The van der Waals surface area contributed by atoms with Gasteiger partial charge in [0.25, 0.3) is 5.69 Å². The van der Waals surface area contributed by atoms with Gasteiger partial charge in [-0.25, -0.2) is 5.43 Å². The summed E-state index contributed by atoms with van der Waals surface area (Å²) in [7, 11) is 0. The van der Waals surface area contributed by atoms with Crippen LogP contribution in [0.3, 0.4) is 0 Å². The molecule has 0 saturated heterocycles. The maximum absolute atomic E-state index is 12.0. The van der Waals surface area contributed by atoms with Gasteiger partial charge in [-0.15, -0.1) is 0 Å². The van der Waals surface area contributed by atoms with Crippen LogP contribution in [0.15, 0.2) is 23.3 Å². The third kappa shape index (κ3) is 2.79. The van der Waals surface area contributed by atoms with Crippen molar-refractivity contribution in [3.63, 3.8) is 0 Å². The number of hydrazone groups is 1. The van der Waals surface area contributed by atoms with E-state index in [1.165, 1.54) is 37.3 Å². The van der Waals surface area contributed by atoms with Crippen LogP contribution in [0.2, 0.25) is 0 Å². The molecule has 22 heavy (non-hydrogen) atoms. The van der Waals surface area contributed by atoms with Crippen LogP contribution in [-0.2, 0) is 4.79 Å². The summed E-state index contributed by atoms with van der Waals surface area (Å²) >= 11 is 0. The van der Waals surface area contributed by atoms with E-state index in [4.69, 9.17) is 0 Å². The van der Waals surface area contributed by atoms with Crippen LogP contribution >= 0.6 is 0 Å². The molecule has 2 N–H and O–H groups in total. The van der Waals surface area contributed by atoms with E-state index in [1.54, 1.807) is 0 Å². The van der Waals surface area contributed by atoms with Crippen LogP contribution in [0.4, 0.5) is 5.69 Å². The SMILES string of the molecule is O=C(NN=Cc1cc([N+](=O)[O-])ccc1O)C1[C@H]2CCCC[C@H]12. The zero-order valence-corrected chi connectivity index (χ0v) is 11.9. The second kappa shape index (κ2) is 5.75. The lowest BCUT2D eigenvalue weighted by molar-refractivity contribution is -0.384. The first-order chi connectivity index (χ1) is 10.6. The summed E-state index contributed by atoms with van der Waals surface area (Å²) in [6.45, 7) is 0. The quantitative estimate of drug-likeness (QED) is 0.505. The van der Waals surface area contributed by atoms with Gasteiger partial charge in [0.2, 0.25) is 5.91 Å². The van der Waals surface area contributed by atoms with Crippen LogP contribution in [0.1, 0.15) is 31.2 Å². The Morgan fingerprint density at radius 3 is 2.68 bits per heavy atom. The number of fused-ring (bicyclic) bond motifs is 1. The number of carbonyl (C=O) groups is 1. The van der Waals surface area contributed by atoms with Gasteiger partial charge in [0.1, 0.15) is 5.75 Å². The molecule has 1 amide bonds. The minimum Gasteiger partial charge on any atom is -0.507 e. The molecule has 116 valence electrons. The van der Waals surface area contributed by atoms with E-state index in [2.05, 4.69) is 10.5 Å². The number of nitrogens with zero attached hydrogens (tertiary/aromatic N) is 2. The molecule has 7 nitrogen and oxygen atoms in total. The summed E-state index contributed by atoms with van der Waals surface area (Å²) < 4.78 is 0. The van der Waals surface area contributed by atoms with Crippen molar-refractivity contribution in [2.75, 3.05) is 0 Å². The highest BCUT2D eigenvalue weighted by Gasteiger charge is 2.54. The highest BCUT2D eigenvalue weighted by molar-refractivity contribution is 5.87. The van der Waals surface area contributed by atoms with E-state index in [0.29, 0.717) is 11.8 Å². The summed E-state index contributed by atoms with van der Waals surface area (Å²) in [5, 5.41) is 24.2. The summed E-state index contributed by atoms with van der Waals surface area (Å²) in [5.74, 6) is 0.824. The first-order valence-electron chi connectivity index (χ1n) is 7.38. The number of benzene rings is 1. The zero-order valence-electron chi connectivity index (χ0n) is 11.9. The molecule has 0 heterocycles. The normalized spacial score (nSPS) is 26.5. The minimum absolute atomic E-state index is 0.0540. The molecule has 1 aromatic rings. The molecular formula is C15H17N3O4. The Balaban J connectivity index is 1.61. The lowest BCUT2D eigenvalue weighted by atomic mass is 10.0. The predicted molar refractivity (Wildman–Crippen MR) is 79.4 cm³/mol. The molecule has 2 aliphatic carbocycles. The highest BCUT2D eigenvalue weighted by atomic mass is 16.6.